The number of carbonyl (C=O) groups is 1. The van der Waals surface area contributed by atoms with Gasteiger partial charge in [0.05, 0.1) is 24.6 Å². The molecule has 5 heteroatoms. The summed E-state index contributed by atoms with van der Waals surface area (Å²) < 4.78 is 4.62. The Morgan fingerprint density at radius 3 is 3.14 bits per heavy atom. The van der Waals surface area contributed by atoms with Crippen LogP contribution in [0.3, 0.4) is 0 Å². The summed E-state index contributed by atoms with van der Waals surface area (Å²) in [6, 6.07) is 1.69. The van der Waals surface area contributed by atoms with E-state index in [1.807, 2.05) is 0 Å². The number of aromatic amines is 1. The molecule has 14 heavy (non-hydrogen) atoms. The molecule has 0 aliphatic heterocycles. The van der Waals surface area contributed by atoms with E-state index in [0.29, 0.717) is 22.3 Å². The summed E-state index contributed by atoms with van der Waals surface area (Å²) in [6.45, 7) is 0. The van der Waals surface area contributed by atoms with Crippen LogP contribution < -0.4 is 5.73 Å². The van der Waals surface area contributed by atoms with Crippen LogP contribution in [0.25, 0.3) is 11.0 Å². The zero-order chi connectivity index (χ0) is 10.1. The van der Waals surface area contributed by atoms with Crippen LogP contribution in [0.5, 0.6) is 0 Å². The molecule has 0 bridgehead atoms. The first kappa shape index (κ1) is 8.55. The fourth-order valence-electron chi connectivity index (χ4n) is 1.30. The summed E-state index contributed by atoms with van der Waals surface area (Å²) in [7, 11) is 1.33. The summed E-state index contributed by atoms with van der Waals surface area (Å²) >= 11 is 0. The number of nitrogens with zero attached hydrogens (tertiary/aromatic N) is 1. The minimum atomic E-state index is -0.399. The summed E-state index contributed by atoms with van der Waals surface area (Å²) in [5, 5.41) is 0.678. The molecule has 2 rings (SSSR count). The van der Waals surface area contributed by atoms with Gasteiger partial charge >= 0.3 is 5.97 Å². The third kappa shape index (κ3) is 1.19. The van der Waals surface area contributed by atoms with E-state index in [9.17, 15) is 4.79 Å². The molecule has 0 amide bonds. The molecule has 2 aromatic rings. The number of carbonyl (C=O) groups excluding carboxylic acids is 1. The Hall–Kier alpha value is -2.04. The Bertz CT molecular complexity index is 490. The molecule has 2 aromatic heterocycles. The van der Waals surface area contributed by atoms with E-state index in [-0.39, 0.29) is 0 Å². The number of rotatable bonds is 1. The topological polar surface area (TPSA) is 81.0 Å². The van der Waals surface area contributed by atoms with Gasteiger partial charge in [-0.25, -0.2) is 9.78 Å². The van der Waals surface area contributed by atoms with Gasteiger partial charge in [-0.05, 0) is 6.07 Å². The van der Waals surface area contributed by atoms with E-state index in [2.05, 4.69) is 14.7 Å². The highest BCUT2D eigenvalue weighted by atomic mass is 16.5. The predicted octanol–water partition coefficient (Wildman–Crippen LogP) is 0.932. The van der Waals surface area contributed by atoms with E-state index in [1.54, 1.807) is 12.3 Å². The van der Waals surface area contributed by atoms with Crippen molar-refractivity contribution in [1.29, 1.82) is 0 Å². The average Bonchev–Trinajstić information content (AvgIpc) is 2.59. The fourth-order valence-corrected chi connectivity index (χ4v) is 1.30. The summed E-state index contributed by atoms with van der Waals surface area (Å²) in [5.41, 5.74) is 7.15. The third-order valence-corrected chi connectivity index (χ3v) is 1.96. The minimum absolute atomic E-state index is 0.399. The normalized spacial score (nSPS) is 10.4. The van der Waals surface area contributed by atoms with Crippen molar-refractivity contribution in [3.05, 3.63) is 24.0 Å². The van der Waals surface area contributed by atoms with Crippen molar-refractivity contribution < 1.29 is 9.53 Å². The van der Waals surface area contributed by atoms with Gasteiger partial charge in [0.25, 0.3) is 0 Å². The lowest BCUT2D eigenvalue weighted by Crippen LogP contribution is -1.99. The summed E-state index contributed by atoms with van der Waals surface area (Å²) in [5.74, 6) is -0.399. The number of fused-ring (bicyclic) bond motifs is 1. The quantitative estimate of drug-likeness (QED) is 0.657. The van der Waals surface area contributed by atoms with Crippen LogP contribution in [0.1, 0.15) is 10.4 Å². The van der Waals surface area contributed by atoms with Crippen molar-refractivity contribution in [2.75, 3.05) is 12.8 Å². The lowest BCUT2D eigenvalue weighted by Gasteiger charge is -1.96. The Morgan fingerprint density at radius 1 is 1.64 bits per heavy atom. The van der Waals surface area contributed by atoms with E-state index in [4.69, 9.17) is 5.73 Å². The monoisotopic (exact) mass is 191 g/mol. The Morgan fingerprint density at radius 2 is 2.43 bits per heavy atom. The molecule has 0 aromatic carbocycles. The van der Waals surface area contributed by atoms with E-state index in [1.165, 1.54) is 13.3 Å². The maximum Gasteiger partial charge on any atom is 0.340 e. The Balaban J connectivity index is 2.67. The first-order chi connectivity index (χ1) is 6.72. The largest absolute Gasteiger partial charge is 0.465 e. The Kier molecular flexibility index (Phi) is 1.85. The number of methoxy groups -OCH3 is 1. The number of hydrogen-bond acceptors (Lipinski definition) is 4. The van der Waals surface area contributed by atoms with Gasteiger partial charge in [0, 0.05) is 11.6 Å². The highest BCUT2D eigenvalue weighted by Crippen LogP contribution is 2.19. The van der Waals surface area contributed by atoms with E-state index >= 15 is 0 Å². The van der Waals surface area contributed by atoms with Crippen LogP contribution in [-0.4, -0.2) is 23.0 Å². The smallest absolute Gasteiger partial charge is 0.340 e. The molecule has 0 aliphatic rings. The number of esters is 1. The molecular weight excluding hydrogens is 182 g/mol. The van der Waals surface area contributed by atoms with Crippen LogP contribution in [0.15, 0.2) is 18.5 Å². The molecule has 0 radical (unpaired) electrons. The molecule has 0 atom stereocenters. The zero-order valence-corrected chi connectivity index (χ0v) is 7.57. The number of hydrogen-bond donors (Lipinski definition) is 2. The number of nitrogens with one attached hydrogen (secondary N) is 1. The van der Waals surface area contributed by atoms with Crippen molar-refractivity contribution >= 4 is 22.7 Å². The van der Waals surface area contributed by atoms with Gasteiger partial charge in [-0.15, -0.1) is 0 Å². The number of anilines is 1. The van der Waals surface area contributed by atoms with Gasteiger partial charge < -0.3 is 15.5 Å². The van der Waals surface area contributed by atoms with Gasteiger partial charge in [-0.3, -0.25) is 0 Å². The first-order valence-corrected chi connectivity index (χ1v) is 4.03. The molecule has 0 aliphatic carbocycles. The second-order valence-corrected chi connectivity index (χ2v) is 2.86. The number of nitrogen functional groups attached to an aromatic ring is 1. The maximum absolute atomic E-state index is 11.3. The number of aromatic nitrogens is 2. The number of ether oxygens (including phenoxy) is 1. The molecule has 0 saturated heterocycles. The highest BCUT2D eigenvalue weighted by Gasteiger charge is 2.12. The van der Waals surface area contributed by atoms with Crippen molar-refractivity contribution in [3.63, 3.8) is 0 Å². The maximum atomic E-state index is 11.3. The van der Waals surface area contributed by atoms with Gasteiger partial charge in [-0.2, -0.15) is 0 Å². The number of pyridine rings is 1. The summed E-state index contributed by atoms with van der Waals surface area (Å²) in [4.78, 5) is 18.2. The van der Waals surface area contributed by atoms with Crippen molar-refractivity contribution in [2.24, 2.45) is 0 Å². The molecule has 3 N–H and O–H groups in total. The standard InChI is InChI=1S/C9H9N3O2/c1-14-9(13)7-4-12-8-6(7)2-5(10)3-11-8/h2-4H,10H2,1H3,(H,11,12). The first-order valence-electron chi connectivity index (χ1n) is 4.03. The molecule has 0 unspecified atom stereocenters. The summed E-state index contributed by atoms with van der Waals surface area (Å²) in [6.07, 6.45) is 3.09. The molecule has 5 nitrogen and oxygen atoms in total. The molecule has 0 fully saturated rings. The van der Waals surface area contributed by atoms with Crippen molar-refractivity contribution in [2.45, 2.75) is 0 Å². The highest BCUT2D eigenvalue weighted by molar-refractivity contribution is 6.03. The van der Waals surface area contributed by atoms with Gasteiger partial charge in [0.15, 0.2) is 0 Å². The van der Waals surface area contributed by atoms with Crippen LogP contribution in [-0.2, 0) is 4.74 Å². The minimum Gasteiger partial charge on any atom is -0.465 e. The SMILES string of the molecule is COC(=O)c1c[nH]c2ncc(N)cc12. The number of nitrogens with two attached hydrogens (primary N) is 1. The molecule has 0 saturated carbocycles. The predicted molar refractivity (Wildman–Crippen MR) is 51.8 cm³/mol. The van der Waals surface area contributed by atoms with Crippen LogP contribution in [0.4, 0.5) is 5.69 Å². The second-order valence-electron chi connectivity index (χ2n) is 2.86. The van der Waals surface area contributed by atoms with Gasteiger partial charge in [0.1, 0.15) is 5.65 Å². The second kappa shape index (κ2) is 3.02. The van der Waals surface area contributed by atoms with Crippen LogP contribution in [0, 0.1) is 0 Å². The molecular formula is C9H9N3O2. The lowest BCUT2D eigenvalue weighted by atomic mass is 10.2. The molecule has 72 valence electrons. The van der Waals surface area contributed by atoms with Gasteiger partial charge in [0.2, 0.25) is 0 Å². The average molecular weight is 191 g/mol. The Labute approximate surface area is 79.9 Å². The van der Waals surface area contributed by atoms with E-state index in [0.717, 1.165) is 0 Å². The fraction of sp³-hybridized carbons (Fsp3) is 0.111. The molecule has 0 spiro atoms. The lowest BCUT2D eigenvalue weighted by molar-refractivity contribution is 0.0603. The van der Waals surface area contributed by atoms with E-state index < -0.39 is 5.97 Å². The van der Waals surface area contributed by atoms with Crippen molar-refractivity contribution in [3.8, 4) is 0 Å². The van der Waals surface area contributed by atoms with Crippen LogP contribution >= 0.6 is 0 Å². The zero-order valence-electron chi connectivity index (χ0n) is 7.57. The number of H-pyrrole nitrogens is 1. The van der Waals surface area contributed by atoms with Crippen LogP contribution in [0.2, 0.25) is 0 Å². The third-order valence-electron chi connectivity index (χ3n) is 1.96. The van der Waals surface area contributed by atoms with Gasteiger partial charge in [-0.1, -0.05) is 0 Å². The molecule has 2 heterocycles. The van der Waals surface area contributed by atoms with Crippen molar-refractivity contribution in [1.82, 2.24) is 9.97 Å².